The minimum atomic E-state index is -0.190. The average molecular weight is 607 g/mol. The van der Waals surface area contributed by atoms with E-state index in [0.717, 1.165) is 57.3 Å². The number of ether oxygens (including phenoxy) is 1. The number of esters is 1. The lowest BCUT2D eigenvalue weighted by Gasteiger charge is -2.37. The molecule has 7 nitrogen and oxygen atoms in total. The highest BCUT2D eigenvalue weighted by molar-refractivity contribution is 7.98. The summed E-state index contributed by atoms with van der Waals surface area (Å²) < 4.78 is 5.70. The van der Waals surface area contributed by atoms with Crippen LogP contribution in [0.2, 0.25) is 0 Å². The molecule has 6 aliphatic rings. The van der Waals surface area contributed by atoms with Crippen molar-refractivity contribution in [2.24, 2.45) is 35.0 Å². The average Bonchev–Trinajstić information content (AvgIpc) is 3.60. The number of hydrogen-bond acceptors (Lipinski definition) is 8. The molecule has 4 unspecified atom stereocenters. The van der Waals surface area contributed by atoms with E-state index in [9.17, 15) is 19.2 Å². The Labute approximate surface area is 255 Å². The van der Waals surface area contributed by atoms with Crippen molar-refractivity contribution < 1.29 is 23.9 Å². The number of benzene rings is 1. The number of piperidine rings is 1. The number of thiazole rings is 1. The molecule has 0 spiro atoms. The molecule has 8 rings (SSSR count). The summed E-state index contributed by atoms with van der Waals surface area (Å²) in [6.45, 7) is 0.241. The standard InChI is InChI=1S/C33H38N2O5S2/c36-27-11-19(4-5-21-6-7-29(37)35-32(21)39)10-26-25(27)2-1-3-28(26)41-17-24-18-42-30(34-24)16-40-31(38)15-33-12-20-8-22(13-33)23(9-20)14-33/h1-3,18-23H,4-17H2,(H,35,37,39). The first-order valence-corrected chi connectivity index (χ1v) is 17.4. The minimum absolute atomic E-state index is 0.0733. The zero-order valence-electron chi connectivity index (χ0n) is 23.9. The smallest absolute Gasteiger partial charge is 0.306 e. The van der Waals surface area contributed by atoms with E-state index in [1.807, 2.05) is 17.5 Å². The number of nitrogens with one attached hydrogen (secondary N) is 1. The lowest BCUT2D eigenvalue weighted by molar-refractivity contribution is -0.148. The van der Waals surface area contributed by atoms with E-state index in [-0.39, 0.29) is 47.4 Å². The first kappa shape index (κ1) is 28.3. The fourth-order valence-electron chi connectivity index (χ4n) is 8.89. The zero-order chi connectivity index (χ0) is 28.8. The number of aromatic nitrogens is 1. The maximum Gasteiger partial charge on any atom is 0.306 e. The van der Waals surface area contributed by atoms with Crippen molar-refractivity contribution >= 4 is 46.7 Å². The van der Waals surface area contributed by atoms with Crippen molar-refractivity contribution in [1.29, 1.82) is 0 Å². The molecule has 2 aromatic rings. The van der Waals surface area contributed by atoms with Gasteiger partial charge in [0.15, 0.2) is 5.78 Å². The largest absolute Gasteiger partial charge is 0.458 e. The van der Waals surface area contributed by atoms with E-state index in [1.165, 1.54) is 43.4 Å². The van der Waals surface area contributed by atoms with Crippen molar-refractivity contribution in [3.8, 4) is 0 Å². The second-order valence-corrected chi connectivity index (χ2v) is 15.5. The number of carbonyl (C=O) groups excluding carboxylic acids is 4. The molecule has 1 aromatic heterocycles. The van der Waals surface area contributed by atoms with Gasteiger partial charge in [0, 0.05) is 40.4 Å². The van der Waals surface area contributed by atoms with Gasteiger partial charge in [0.1, 0.15) is 11.6 Å². The predicted octanol–water partition coefficient (Wildman–Crippen LogP) is 6.27. The molecule has 0 radical (unpaired) electrons. The van der Waals surface area contributed by atoms with Crippen LogP contribution in [0.3, 0.4) is 0 Å². The van der Waals surface area contributed by atoms with Gasteiger partial charge in [0.2, 0.25) is 11.8 Å². The summed E-state index contributed by atoms with van der Waals surface area (Å²) in [4.78, 5) is 55.2. The van der Waals surface area contributed by atoms with Crippen LogP contribution < -0.4 is 5.32 Å². The highest BCUT2D eigenvalue weighted by atomic mass is 32.2. The monoisotopic (exact) mass is 606 g/mol. The van der Waals surface area contributed by atoms with Gasteiger partial charge in [-0.05, 0) is 98.5 Å². The van der Waals surface area contributed by atoms with E-state index in [0.29, 0.717) is 37.9 Å². The van der Waals surface area contributed by atoms with E-state index < -0.39 is 0 Å². The quantitative estimate of drug-likeness (QED) is 0.193. The number of thioether (sulfide) groups is 1. The molecular formula is C33H38N2O5S2. The molecule has 2 heterocycles. The molecule has 222 valence electrons. The molecule has 5 aliphatic carbocycles. The van der Waals surface area contributed by atoms with Crippen LogP contribution in [-0.4, -0.2) is 28.6 Å². The fraction of sp³-hybridized carbons (Fsp3) is 0.606. The molecule has 9 heteroatoms. The Hall–Kier alpha value is -2.52. The number of fused-ring (bicyclic) bond motifs is 1. The lowest BCUT2D eigenvalue weighted by Crippen LogP contribution is -2.40. The number of imide groups is 1. The third-order valence-corrected chi connectivity index (χ3v) is 12.6. The van der Waals surface area contributed by atoms with E-state index in [1.54, 1.807) is 11.8 Å². The van der Waals surface area contributed by atoms with Gasteiger partial charge in [-0.25, -0.2) is 4.98 Å². The van der Waals surface area contributed by atoms with Gasteiger partial charge in [-0.2, -0.15) is 0 Å². The normalized spacial score (nSPS) is 31.3. The van der Waals surface area contributed by atoms with Crippen molar-refractivity contribution in [2.75, 3.05) is 0 Å². The van der Waals surface area contributed by atoms with Crippen LogP contribution in [0, 0.1) is 35.0 Å². The minimum Gasteiger partial charge on any atom is -0.458 e. The summed E-state index contributed by atoms with van der Waals surface area (Å²) in [7, 11) is 0. The van der Waals surface area contributed by atoms with Crippen molar-refractivity contribution in [3.63, 3.8) is 0 Å². The summed E-state index contributed by atoms with van der Waals surface area (Å²) in [6.07, 6.45) is 10.8. The number of ketones is 1. The maximum atomic E-state index is 13.0. The van der Waals surface area contributed by atoms with Crippen molar-refractivity contribution in [3.05, 3.63) is 45.4 Å². The van der Waals surface area contributed by atoms with Crippen LogP contribution in [-0.2, 0) is 37.9 Å². The molecule has 5 fully saturated rings. The zero-order valence-corrected chi connectivity index (χ0v) is 25.5. The van der Waals surface area contributed by atoms with E-state index in [2.05, 4.69) is 11.4 Å². The van der Waals surface area contributed by atoms with Gasteiger partial charge in [0.05, 0.1) is 12.1 Å². The summed E-state index contributed by atoms with van der Waals surface area (Å²) in [5.41, 5.74) is 3.07. The Morgan fingerprint density at radius 2 is 1.93 bits per heavy atom. The first-order valence-electron chi connectivity index (χ1n) is 15.5. The second-order valence-electron chi connectivity index (χ2n) is 13.5. The Bertz CT molecular complexity index is 1400. The van der Waals surface area contributed by atoms with Crippen LogP contribution in [0.25, 0.3) is 0 Å². The SMILES string of the molecule is O=C1CCC(CCC2CC(=O)c3cccc(SCc4csc(COC(=O)CC56CC7CC(C5)C(C7)C6)n4)c3C2)C(=O)N1. The Balaban J connectivity index is 0.912. The highest BCUT2D eigenvalue weighted by Gasteiger charge is 2.56. The topological polar surface area (TPSA) is 102 Å². The molecule has 2 amide bonds. The molecule has 4 saturated carbocycles. The summed E-state index contributed by atoms with van der Waals surface area (Å²) in [5.74, 6) is 3.02. The first-order chi connectivity index (χ1) is 20.3. The lowest BCUT2D eigenvalue weighted by atomic mass is 9.68. The number of carbonyl (C=O) groups is 4. The molecule has 1 aliphatic heterocycles. The summed E-state index contributed by atoms with van der Waals surface area (Å²) in [5, 5.41) is 5.31. The van der Waals surface area contributed by atoms with Gasteiger partial charge in [-0.1, -0.05) is 12.1 Å². The van der Waals surface area contributed by atoms with E-state index >= 15 is 0 Å². The number of Topliss-reactive ketones (excluding diaryl/α,β-unsaturated/α-hetero) is 1. The Morgan fingerprint density at radius 3 is 2.71 bits per heavy atom. The van der Waals surface area contributed by atoms with E-state index in [4.69, 9.17) is 9.72 Å². The van der Waals surface area contributed by atoms with Crippen molar-refractivity contribution in [2.45, 2.75) is 94.3 Å². The Morgan fingerprint density at radius 1 is 1.10 bits per heavy atom. The van der Waals surface area contributed by atoms with Gasteiger partial charge in [0.25, 0.3) is 0 Å². The molecular weight excluding hydrogens is 569 g/mol. The number of nitrogens with zero attached hydrogens (tertiary/aromatic N) is 1. The van der Waals surface area contributed by atoms with Crippen molar-refractivity contribution in [1.82, 2.24) is 10.3 Å². The number of hydrogen-bond donors (Lipinski definition) is 1. The summed E-state index contributed by atoms with van der Waals surface area (Å²) >= 11 is 3.23. The van der Waals surface area contributed by atoms with Crippen LogP contribution in [0.1, 0.15) is 97.3 Å². The number of rotatable bonds is 10. The number of amides is 2. The van der Waals surface area contributed by atoms with Gasteiger partial charge < -0.3 is 4.74 Å². The molecule has 4 atom stereocenters. The third-order valence-electron chi connectivity index (χ3n) is 10.6. The highest BCUT2D eigenvalue weighted by Crippen LogP contribution is 2.65. The van der Waals surface area contributed by atoms with Crippen LogP contribution in [0.4, 0.5) is 0 Å². The molecule has 4 bridgehead atoms. The van der Waals surface area contributed by atoms with Gasteiger partial charge >= 0.3 is 5.97 Å². The van der Waals surface area contributed by atoms with Gasteiger partial charge in [-0.3, -0.25) is 24.5 Å². The van der Waals surface area contributed by atoms with Crippen LogP contribution >= 0.6 is 23.1 Å². The maximum absolute atomic E-state index is 13.0. The second kappa shape index (κ2) is 11.5. The molecule has 1 saturated heterocycles. The molecule has 1 aromatic carbocycles. The van der Waals surface area contributed by atoms with Crippen LogP contribution in [0.15, 0.2) is 28.5 Å². The summed E-state index contributed by atoms with van der Waals surface area (Å²) in [6, 6.07) is 5.96. The van der Waals surface area contributed by atoms with Crippen LogP contribution in [0.5, 0.6) is 0 Å². The van der Waals surface area contributed by atoms with Gasteiger partial charge in [-0.15, -0.1) is 23.1 Å². The Kier molecular flexibility index (Phi) is 7.76. The fourth-order valence-corrected chi connectivity index (χ4v) is 10.7. The molecule has 42 heavy (non-hydrogen) atoms. The molecule has 1 N–H and O–H groups in total. The third kappa shape index (κ3) is 5.83. The predicted molar refractivity (Wildman–Crippen MR) is 160 cm³/mol.